The van der Waals surface area contributed by atoms with Crippen molar-refractivity contribution in [2.45, 2.75) is 13.0 Å². The van der Waals surface area contributed by atoms with Gasteiger partial charge in [-0.2, -0.15) is 0 Å². The molecule has 0 aliphatic carbocycles. The maximum Gasteiger partial charge on any atom is 0.491 e. The van der Waals surface area contributed by atoms with E-state index in [-0.39, 0.29) is 5.46 Å². The first kappa shape index (κ1) is 16.1. The molecule has 2 N–H and O–H groups in total. The third-order valence-corrected chi connectivity index (χ3v) is 2.94. The monoisotopic (exact) mass is 268 g/mol. The zero-order valence-corrected chi connectivity index (χ0v) is 11.8. The summed E-state index contributed by atoms with van der Waals surface area (Å²) in [6.07, 6.45) is 1.06. The van der Waals surface area contributed by atoms with Gasteiger partial charge in [-0.15, -0.1) is 0 Å². The molecule has 0 bridgehead atoms. The first-order valence-electron chi connectivity index (χ1n) is 6.38. The Kier molecular flexibility index (Phi) is 6.44. The molecule has 0 unspecified atom stereocenters. The average molecular weight is 268 g/mol. The van der Waals surface area contributed by atoms with Crippen LogP contribution in [0.1, 0.15) is 12.0 Å². The van der Waals surface area contributed by atoms with Gasteiger partial charge in [0, 0.05) is 12.0 Å². The molecule has 0 amide bonds. The second-order valence-electron chi connectivity index (χ2n) is 5.12. The van der Waals surface area contributed by atoms with Crippen molar-refractivity contribution < 1.29 is 14.4 Å². The lowest BCUT2D eigenvalue weighted by Crippen LogP contribution is -2.33. The summed E-state index contributed by atoms with van der Waals surface area (Å²) in [5.74, 6) is -0.589. The van der Waals surface area contributed by atoms with Gasteiger partial charge in [-0.25, -0.2) is 4.39 Å². The van der Waals surface area contributed by atoms with E-state index in [0.717, 1.165) is 25.1 Å². The van der Waals surface area contributed by atoms with Gasteiger partial charge >= 0.3 is 7.12 Å². The van der Waals surface area contributed by atoms with Crippen LogP contribution in [0.15, 0.2) is 18.2 Å². The van der Waals surface area contributed by atoms with Crippen molar-refractivity contribution in [3.8, 4) is 0 Å². The Bertz CT molecular complexity index is 402. The highest BCUT2D eigenvalue weighted by Crippen LogP contribution is 2.05. The summed E-state index contributed by atoms with van der Waals surface area (Å²) in [4.78, 5) is 4.26. The molecule has 0 spiro atoms. The van der Waals surface area contributed by atoms with Crippen LogP contribution < -0.4 is 5.46 Å². The quantitative estimate of drug-likeness (QED) is 0.677. The van der Waals surface area contributed by atoms with Crippen molar-refractivity contribution in [1.29, 1.82) is 0 Å². The minimum atomic E-state index is -1.76. The van der Waals surface area contributed by atoms with E-state index in [2.05, 4.69) is 9.80 Å². The number of nitrogens with zero attached hydrogens (tertiary/aromatic N) is 2. The summed E-state index contributed by atoms with van der Waals surface area (Å²) in [6.45, 7) is 2.62. The Balaban J connectivity index is 2.54. The predicted octanol–water partition coefficient (Wildman–Crippen LogP) is -0.111. The molecule has 1 aromatic rings. The van der Waals surface area contributed by atoms with Crippen molar-refractivity contribution in [2.24, 2.45) is 0 Å². The fraction of sp³-hybridized carbons (Fsp3) is 0.538. The number of hydrogen-bond acceptors (Lipinski definition) is 4. The maximum absolute atomic E-state index is 13.3. The van der Waals surface area contributed by atoms with Crippen LogP contribution in [-0.4, -0.2) is 61.2 Å². The van der Waals surface area contributed by atoms with Gasteiger partial charge in [0.05, 0.1) is 0 Å². The van der Waals surface area contributed by atoms with Gasteiger partial charge in [0.2, 0.25) is 0 Å². The molecule has 0 aliphatic rings. The molecular weight excluding hydrogens is 246 g/mol. The van der Waals surface area contributed by atoms with E-state index in [1.54, 1.807) is 6.07 Å². The topological polar surface area (TPSA) is 46.9 Å². The van der Waals surface area contributed by atoms with Crippen LogP contribution in [0.2, 0.25) is 0 Å². The summed E-state index contributed by atoms with van der Waals surface area (Å²) >= 11 is 0. The van der Waals surface area contributed by atoms with Gasteiger partial charge in [0.15, 0.2) is 0 Å². The van der Waals surface area contributed by atoms with Crippen LogP contribution in [0.4, 0.5) is 4.39 Å². The smallest absolute Gasteiger partial charge is 0.423 e. The standard InChI is InChI=1S/C13H22BFN2O2/c1-16(2)7-4-8-17(3)10-11-5-6-13(15)12(9-11)14(18)19/h5-6,9,18-19H,4,7-8,10H2,1-3H3. The Morgan fingerprint density at radius 2 is 1.84 bits per heavy atom. The lowest BCUT2D eigenvalue weighted by atomic mass is 9.79. The largest absolute Gasteiger partial charge is 0.491 e. The number of halogens is 1. The van der Waals surface area contributed by atoms with Gasteiger partial charge < -0.3 is 19.8 Å². The molecule has 6 heteroatoms. The molecule has 0 atom stereocenters. The molecule has 0 fully saturated rings. The first-order valence-corrected chi connectivity index (χ1v) is 6.38. The third-order valence-electron chi connectivity index (χ3n) is 2.94. The van der Waals surface area contributed by atoms with E-state index in [4.69, 9.17) is 10.0 Å². The van der Waals surface area contributed by atoms with Gasteiger partial charge in [-0.3, -0.25) is 0 Å². The van der Waals surface area contributed by atoms with E-state index in [9.17, 15) is 4.39 Å². The average Bonchev–Trinajstić information content (AvgIpc) is 2.30. The molecule has 0 saturated carbocycles. The van der Waals surface area contributed by atoms with E-state index >= 15 is 0 Å². The predicted molar refractivity (Wildman–Crippen MR) is 75.7 cm³/mol. The molecule has 0 aromatic heterocycles. The lowest BCUT2D eigenvalue weighted by molar-refractivity contribution is 0.294. The Hall–Kier alpha value is -0.945. The molecule has 0 radical (unpaired) electrons. The SMILES string of the molecule is CN(C)CCCN(C)Cc1ccc(F)c(B(O)O)c1. The minimum Gasteiger partial charge on any atom is -0.423 e. The maximum atomic E-state index is 13.3. The third kappa shape index (κ3) is 5.69. The van der Waals surface area contributed by atoms with Crippen LogP contribution in [0.5, 0.6) is 0 Å². The summed E-state index contributed by atoms with van der Waals surface area (Å²) in [5, 5.41) is 18.1. The van der Waals surface area contributed by atoms with E-state index < -0.39 is 12.9 Å². The van der Waals surface area contributed by atoms with Crippen molar-refractivity contribution in [1.82, 2.24) is 9.80 Å². The Labute approximate surface area is 114 Å². The minimum absolute atomic E-state index is 0.0702. The lowest BCUT2D eigenvalue weighted by Gasteiger charge is -2.18. The molecule has 4 nitrogen and oxygen atoms in total. The zero-order valence-electron chi connectivity index (χ0n) is 11.8. The van der Waals surface area contributed by atoms with Crippen LogP contribution in [0.25, 0.3) is 0 Å². The molecule has 1 rings (SSSR count). The molecule has 1 aromatic carbocycles. The highest BCUT2D eigenvalue weighted by Gasteiger charge is 2.17. The highest BCUT2D eigenvalue weighted by atomic mass is 19.1. The van der Waals surface area contributed by atoms with Crippen LogP contribution in [0, 0.1) is 5.82 Å². The summed E-state index contributed by atoms with van der Waals surface area (Å²) in [5.41, 5.74) is 0.802. The molecule has 0 aliphatic heterocycles. The van der Waals surface area contributed by atoms with Crippen molar-refractivity contribution in [2.75, 3.05) is 34.2 Å². The number of hydrogen-bond donors (Lipinski definition) is 2. The van der Waals surface area contributed by atoms with Crippen molar-refractivity contribution >= 4 is 12.6 Å². The second kappa shape index (κ2) is 7.60. The molecule has 0 saturated heterocycles. The van der Waals surface area contributed by atoms with E-state index in [1.165, 1.54) is 12.1 Å². The second-order valence-corrected chi connectivity index (χ2v) is 5.12. The van der Waals surface area contributed by atoms with Gasteiger partial charge in [-0.05, 0) is 52.3 Å². The summed E-state index contributed by atoms with van der Waals surface area (Å²) < 4.78 is 13.3. The molecule has 106 valence electrons. The number of rotatable bonds is 7. The van der Waals surface area contributed by atoms with Gasteiger partial charge in [0.1, 0.15) is 5.82 Å². The summed E-state index contributed by atoms with van der Waals surface area (Å²) in [6, 6.07) is 4.45. The van der Waals surface area contributed by atoms with Crippen LogP contribution in [-0.2, 0) is 6.54 Å². The number of benzene rings is 1. The van der Waals surface area contributed by atoms with Crippen molar-refractivity contribution in [3.63, 3.8) is 0 Å². The zero-order chi connectivity index (χ0) is 14.4. The van der Waals surface area contributed by atoms with Crippen LogP contribution in [0.3, 0.4) is 0 Å². The van der Waals surface area contributed by atoms with E-state index in [1.807, 2.05) is 21.1 Å². The fourth-order valence-electron chi connectivity index (χ4n) is 1.94. The van der Waals surface area contributed by atoms with Crippen LogP contribution >= 0.6 is 0 Å². The Morgan fingerprint density at radius 1 is 1.16 bits per heavy atom. The molecular formula is C13H22BFN2O2. The van der Waals surface area contributed by atoms with Crippen molar-refractivity contribution in [3.05, 3.63) is 29.6 Å². The van der Waals surface area contributed by atoms with Gasteiger partial charge in [0.25, 0.3) is 0 Å². The first-order chi connectivity index (χ1) is 8.90. The molecule has 0 heterocycles. The molecule has 19 heavy (non-hydrogen) atoms. The fourth-order valence-corrected chi connectivity index (χ4v) is 1.94. The van der Waals surface area contributed by atoms with E-state index in [0.29, 0.717) is 6.54 Å². The Morgan fingerprint density at radius 3 is 2.42 bits per heavy atom. The normalized spacial score (nSPS) is 11.4. The van der Waals surface area contributed by atoms with Gasteiger partial charge in [-0.1, -0.05) is 12.1 Å². The highest BCUT2D eigenvalue weighted by molar-refractivity contribution is 6.58. The summed E-state index contributed by atoms with van der Waals surface area (Å²) in [7, 11) is 4.30.